The van der Waals surface area contributed by atoms with E-state index in [9.17, 15) is 14.4 Å². The Labute approximate surface area is 158 Å². The smallest absolute Gasteiger partial charge is 0.323 e. The molecule has 0 saturated carbocycles. The summed E-state index contributed by atoms with van der Waals surface area (Å²) in [4.78, 5) is 37.2. The number of halogens is 1. The van der Waals surface area contributed by atoms with Crippen LogP contribution in [0.5, 0.6) is 0 Å². The van der Waals surface area contributed by atoms with Crippen molar-refractivity contribution in [2.24, 2.45) is 11.3 Å². The first-order chi connectivity index (χ1) is 11.7. The summed E-state index contributed by atoms with van der Waals surface area (Å²) in [6.07, 6.45) is 0.547. The van der Waals surface area contributed by atoms with Gasteiger partial charge in [0.05, 0.1) is 11.8 Å². The van der Waals surface area contributed by atoms with Crippen molar-refractivity contribution in [3.05, 3.63) is 32.9 Å². The second-order valence-electron chi connectivity index (χ2n) is 7.56. The van der Waals surface area contributed by atoms with Gasteiger partial charge in [-0.1, -0.05) is 13.8 Å². The number of allylic oxidation sites excluding steroid dienone is 2. The van der Waals surface area contributed by atoms with Crippen LogP contribution in [0.2, 0.25) is 0 Å². The minimum atomic E-state index is -0.636. The summed E-state index contributed by atoms with van der Waals surface area (Å²) >= 11 is 2.06. The van der Waals surface area contributed by atoms with E-state index in [2.05, 4.69) is 38.5 Å². The SMILES string of the molecule is CC1(C)CC(=O)C2=C(C1)NC1NC(=O)NC(=O)C1C2c1ccc(I)o1. The molecule has 8 heteroatoms. The first-order valence-corrected chi connectivity index (χ1v) is 9.22. The highest BCUT2D eigenvalue weighted by Crippen LogP contribution is 2.47. The molecule has 7 nitrogen and oxygen atoms in total. The van der Waals surface area contributed by atoms with Gasteiger partial charge in [0.2, 0.25) is 5.91 Å². The van der Waals surface area contributed by atoms with Crippen LogP contribution in [0.25, 0.3) is 0 Å². The van der Waals surface area contributed by atoms with Crippen LogP contribution < -0.4 is 16.0 Å². The normalized spacial score (nSPS) is 30.8. The second-order valence-corrected chi connectivity index (χ2v) is 8.63. The monoisotopic (exact) mass is 455 g/mol. The van der Waals surface area contributed by atoms with Crippen molar-refractivity contribution in [1.29, 1.82) is 0 Å². The van der Waals surface area contributed by atoms with E-state index in [0.717, 1.165) is 5.70 Å². The highest BCUT2D eigenvalue weighted by Gasteiger charge is 2.51. The topological polar surface area (TPSA) is 100 Å². The molecule has 0 spiro atoms. The Morgan fingerprint density at radius 2 is 1.92 bits per heavy atom. The van der Waals surface area contributed by atoms with E-state index in [0.29, 0.717) is 27.9 Å². The number of furan rings is 1. The maximum Gasteiger partial charge on any atom is 0.323 e. The zero-order valence-corrected chi connectivity index (χ0v) is 16.0. The van der Waals surface area contributed by atoms with E-state index in [1.54, 1.807) is 6.07 Å². The van der Waals surface area contributed by atoms with Gasteiger partial charge in [-0.3, -0.25) is 14.9 Å². The molecule has 0 radical (unpaired) electrons. The number of rotatable bonds is 1. The Morgan fingerprint density at radius 1 is 1.16 bits per heavy atom. The number of Topliss-reactive ketones (excluding diaryl/α,β-unsaturated/α-hetero) is 1. The molecular weight excluding hydrogens is 437 g/mol. The fourth-order valence-corrected chi connectivity index (χ4v) is 4.52. The highest BCUT2D eigenvalue weighted by atomic mass is 127. The number of nitrogens with one attached hydrogen (secondary N) is 3. The van der Waals surface area contributed by atoms with E-state index in [1.165, 1.54) is 0 Å². The van der Waals surface area contributed by atoms with Gasteiger partial charge < -0.3 is 15.1 Å². The fourth-order valence-electron chi connectivity index (χ4n) is 4.09. The van der Waals surface area contributed by atoms with Crippen LogP contribution in [-0.2, 0) is 9.59 Å². The standard InChI is InChI=1S/C17H18IN3O4/c1-17(2)5-7-11(8(22)6-17)12(9-3-4-10(18)25-9)13-14(19-7)20-16(24)21-15(13)23/h3-4,12-14,19H,5-6H2,1-2H3,(H2,20,21,23,24). The number of carbonyl (C=O) groups is 3. The fraction of sp³-hybridized carbons (Fsp3) is 0.471. The molecule has 3 amide bonds. The van der Waals surface area contributed by atoms with E-state index in [4.69, 9.17) is 4.42 Å². The van der Waals surface area contributed by atoms with Gasteiger partial charge in [0.25, 0.3) is 0 Å². The molecule has 1 aromatic rings. The number of imide groups is 1. The number of ketones is 1. The quantitative estimate of drug-likeness (QED) is 0.563. The first-order valence-electron chi connectivity index (χ1n) is 8.14. The highest BCUT2D eigenvalue weighted by molar-refractivity contribution is 14.1. The van der Waals surface area contributed by atoms with Gasteiger partial charge >= 0.3 is 6.03 Å². The molecule has 1 saturated heterocycles. The van der Waals surface area contributed by atoms with Crippen LogP contribution in [0.1, 0.15) is 38.4 Å². The molecule has 4 rings (SSSR count). The molecule has 2 aliphatic heterocycles. The summed E-state index contributed by atoms with van der Waals surface area (Å²) in [5.74, 6) is -0.939. The van der Waals surface area contributed by atoms with Gasteiger partial charge in [-0.2, -0.15) is 0 Å². The molecule has 1 aliphatic carbocycles. The Hall–Kier alpha value is -1.84. The van der Waals surface area contributed by atoms with Gasteiger partial charge in [0, 0.05) is 17.7 Å². The van der Waals surface area contributed by atoms with Crippen molar-refractivity contribution in [3.8, 4) is 0 Å². The van der Waals surface area contributed by atoms with Crippen LogP contribution in [0.4, 0.5) is 4.79 Å². The zero-order valence-electron chi connectivity index (χ0n) is 13.8. The number of carbonyl (C=O) groups excluding carboxylic acids is 3. The Bertz CT molecular complexity index is 826. The predicted molar refractivity (Wildman–Crippen MR) is 96.3 cm³/mol. The number of hydrogen-bond acceptors (Lipinski definition) is 5. The summed E-state index contributed by atoms with van der Waals surface area (Å²) in [5.41, 5.74) is 1.24. The van der Waals surface area contributed by atoms with E-state index in [1.807, 2.05) is 19.9 Å². The van der Waals surface area contributed by atoms with Gasteiger partial charge in [-0.25, -0.2) is 4.79 Å². The average molecular weight is 455 g/mol. The third kappa shape index (κ3) is 2.76. The average Bonchev–Trinajstić information content (AvgIpc) is 2.89. The van der Waals surface area contributed by atoms with Crippen molar-refractivity contribution < 1.29 is 18.8 Å². The number of fused-ring (bicyclic) bond motifs is 1. The molecular formula is C17H18IN3O4. The maximum atomic E-state index is 12.9. The third-order valence-electron chi connectivity index (χ3n) is 5.01. The van der Waals surface area contributed by atoms with Crippen molar-refractivity contribution in [2.45, 2.75) is 38.8 Å². The Kier molecular flexibility index (Phi) is 3.71. The van der Waals surface area contributed by atoms with Crippen LogP contribution in [-0.4, -0.2) is 23.9 Å². The molecule has 0 aromatic carbocycles. The minimum absolute atomic E-state index is 0.0262. The number of amides is 3. The lowest BCUT2D eigenvalue weighted by Crippen LogP contribution is -2.66. The lowest BCUT2D eigenvalue weighted by Gasteiger charge is -2.46. The Balaban J connectivity index is 1.87. The van der Waals surface area contributed by atoms with Crippen molar-refractivity contribution in [3.63, 3.8) is 0 Å². The summed E-state index contributed by atoms with van der Waals surface area (Å²) in [6.45, 7) is 4.08. The molecule has 3 atom stereocenters. The summed E-state index contributed by atoms with van der Waals surface area (Å²) < 4.78 is 6.46. The summed E-state index contributed by atoms with van der Waals surface area (Å²) in [5, 5.41) is 8.30. The first kappa shape index (κ1) is 16.6. The van der Waals surface area contributed by atoms with Crippen molar-refractivity contribution >= 4 is 40.3 Å². The molecule has 3 heterocycles. The molecule has 132 valence electrons. The van der Waals surface area contributed by atoms with Crippen molar-refractivity contribution in [2.75, 3.05) is 0 Å². The van der Waals surface area contributed by atoms with Crippen molar-refractivity contribution in [1.82, 2.24) is 16.0 Å². The van der Waals surface area contributed by atoms with E-state index >= 15 is 0 Å². The Morgan fingerprint density at radius 3 is 2.60 bits per heavy atom. The summed E-state index contributed by atoms with van der Waals surface area (Å²) in [6, 6.07) is 3.08. The van der Waals surface area contributed by atoms with E-state index < -0.39 is 29.9 Å². The molecule has 3 aliphatic rings. The van der Waals surface area contributed by atoms with Crippen LogP contribution in [0.3, 0.4) is 0 Å². The van der Waals surface area contributed by atoms with E-state index in [-0.39, 0.29) is 11.2 Å². The predicted octanol–water partition coefficient (Wildman–Crippen LogP) is 2.00. The largest absolute Gasteiger partial charge is 0.455 e. The minimum Gasteiger partial charge on any atom is -0.455 e. The number of urea groups is 1. The molecule has 25 heavy (non-hydrogen) atoms. The molecule has 3 N–H and O–H groups in total. The van der Waals surface area contributed by atoms with Crippen LogP contribution in [0, 0.1) is 15.1 Å². The molecule has 0 bridgehead atoms. The van der Waals surface area contributed by atoms with Crippen LogP contribution in [0.15, 0.2) is 27.8 Å². The van der Waals surface area contributed by atoms with Gasteiger partial charge in [0.1, 0.15) is 11.9 Å². The molecule has 1 fully saturated rings. The second kappa shape index (κ2) is 5.58. The lowest BCUT2D eigenvalue weighted by molar-refractivity contribution is -0.127. The lowest BCUT2D eigenvalue weighted by atomic mass is 9.67. The van der Waals surface area contributed by atoms with Gasteiger partial charge in [-0.15, -0.1) is 0 Å². The van der Waals surface area contributed by atoms with Gasteiger partial charge in [0.15, 0.2) is 9.55 Å². The molecule has 1 aromatic heterocycles. The maximum absolute atomic E-state index is 12.9. The number of hydrogen-bond donors (Lipinski definition) is 3. The summed E-state index contributed by atoms with van der Waals surface area (Å²) in [7, 11) is 0. The third-order valence-corrected chi connectivity index (χ3v) is 5.59. The van der Waals surface area contributed by atoms with Gasteiger partial charge in [-0.05, 0) is 46.6 Å². The molecule has 3 unspecified atom stereocenters. The zero-order chi connectivity index (χ0) is 17.9. The van der Waals surface area contributed by atoms with Crippen LogP contribution >= 0.6 is 22.6 Å².